The molecule has 0 bridgehead atoms. The Morgan fingerprint density at radius 3 is 2.53 bits per heavy atom. The Hall–Kier alpha value is -1.07. The second-order valence-electron chi connectivity index (χ2n) is 4.91. The fraction of sp³-hybridized carbons (Fsp3) is 0.571. The van der Waals surface area contributed by atoms with E-state index in [1.807, 2.05) is 0 Å². The van der Waals surface area contributed by atoms with Crippen LogP contribution in [0.4, 0.5) is 13.2 Å². The van der Waals surface area contributed by atoms with Crippen LogP contribution < -0.4 is 10.6 Å². The van der Waals surface area contributed by atoms with Gasteiger partial charge in [0, 0.05) is 12.6 Å². The fourth-order valence-corrected chi connectivity index (χ4v) is 1.98. The Labute approximate surface area is 111 Å². The summed E-state index contributed by atoms with van der Waals surface area (Å²) in [6.07, 6.45) is -0.824. The Morgan fingerprint density at radius 1 is 1.11 bits per heavy atom. The quantitative estimate of drug-likeness (QED) is 0.746. The average Bonchev–Trinajstić information content (AvgIpc) is 3.17. The van der Waals surface area contributed by atoms with Gasteiger partial charge in [0.25, 0.3) is 0 Å². The van der Waals surface area contributed by atoms with Crippen molar-refractivity contribution in [1.82, 2.24) is 10.6 Å². The summed E-state index contributed by atoms with van der Waals surface area (Å²) in [5, 5.41) is 6.44. The maximum absolute atomic E-state index is 12.7. The number of benzene rings is 1. The predicted molar refractivity (Wildman–Crippen MR) is 68.8 cm³/mol. The Balaban J connectivity index is 1.72. The summed E-state index contributed by atoms with van der Waals surface area (Å²) in [6, 6.07) is 6.41. The molecule has 2 N–H and O–H groups in total. The van der Waals surface area contributed by atoms with Crippen molar-refractivity contribution in [2.24, 2.45) is 0 Å². The summed E-state index contributed by atoms with van der Waals surface area (Å²) in [4.78, 5) is 0. The minimum absolute atomic E-state index is 0.263. The molecular weight excluding hydrogens is 253 g/mol. The van der Waals surface area contributed by atoms with Crippen LogP contribution in [0.3, 0.4) is 0 Å². The molecule has 1 fully saturated rings. The van der Waals surface area contributed by atoms with Crippen molar-refractivity contribution in [3.05, 3.63) is 35.4 Å². The van der Waals surface area contributed by atoms with Crippen molar-refractivity contribution >= 4 is 0 Å². The standard InChI is InChI=1S/C14H19F3N2/c15-14(16,17)13-5-2-1-4-11(13)10-18-8-3-9-19-12-6-7-12/h1-2,4-5,12,18-19H,3,6-10H2. The highest BCUT2D eigenvalue weighted by Crippen LogP contribution is 2.31. The summed E-state index contributed by atoms with van der Waals surface area (Å²) in [5.74, 6) is 0. The van der Waals surface area contributed by atoms with Crippen LogP contribution in [0.2, 0.25) is 0 Å². The van der Waals surface area contributed by atoms with Crippen molar-refractivity contribution in [2.45, 2.75) is 38.0 Å². The first kappa shape index (κ1) is 14.3. The second-order valence-corrected chi connectivity index (χ2v) is 4.91. The van der Waals surface area contributed by atoms with E-state index in [4.69, 9.17) is 0 Å². The van der Waals surface area contributed by atoms with Crippen LogP contribution in [0.5, 0.6) is 0 Å². The number of alkyl halides is 3. The first-order valence-electron chi connectivity index (χ1n) is 6.66. The molecule has 0 aromatic heterocycles. The van der Waals surface area contributed by atoms with Gasteiger partial charge in [-0.15, -0.1) is 0 Å². The summed E-state index contributed by atoms with van der Waals surface area (Å²) in [5.41, 5.74) is -0.233. The number of hydrogen-bond acceptors (Lipinski definition) is 2. The van der Waals surface area contributed by atoms with E-state index in [0.29, 0.717) is 11.6 Å². The van der Waals surface area contributed by atoms with E-state index in [9.17, 15) is 13.2 Å². The predicted octanol–water partition coefficient (Wildman–Crippen LogP) is 2.94. The Kier molecular flexibility index (Phi) is 4.82. The highest BCUT2D eigenvalue weighted by atomic mass is 19.4. The zero-order valence-corrected chi connectivity index (χ0v) is 10.8. The molecule has 0 atom stereocenters. The van der Waals surface area contributed by atoms with Gasteiger partial charge in [-0.1, -0.05) is 18.2 Å². The smallest absolute Gasteiger partial charge is 0.314 e. The number of nitrogens with one attached hydrogen (secondary N) is 2. The molecule has 2 nitrogen and oxygen atoms in total. The minimum atomic E-state index is -4.27. The first-order valence-corrected chi connectivity index (χ1v) is 6.66. The first-order chi connectivity index (χ1) is 9.07. The van der Waals surface area contributed by atoms with Gasteiger partial charge in [-0.3, -0.25) is 0 Å². The molecule has 0 amide bonds. The lowest BCUT2D eigenvalue weighted by atomic mass is 10.1. The minimum Gasteiger partial charge on any atom is -0.314 e. The van der Waals surface area contributed by atoms with E-state index in [2.05, 4.69) is 10.6 Å². The number of hydrogen-bond donors (Lipinski definition) is 2. The zero-order valence-electron chi connectivity index (χ0n) is 10.8. The molecule has 1 aromatic rings. The van der Waals surface area contributed by atoms with Gasteiger partial charge in [0.2, 0.25) is 0 Å². The maximum atomic E-state index is 12.7. The van der Waals surface area contributed by atoms with Crippen molar-refractivity contribution in [3.8, 4) is 0 Å². The molecule has 0 aliphatic heterocycles. The number of rotatable bonds is 7. The van der Waals surface area contributed by atoms with Crippen molar-refractivity contribution in [3.63, 3.8) is 0 Å². The topological polar surface area (TPSA) is 24.1 Å². The van der Waals surface area contributed by atoms with Crippen LogP contribution in [0.15, 0.2) is 24.3 Å². The molecule has 0 saturated heterocycles. The molecule has 0 radical (unpaired) electrons. The van der Waals surface area contributed by atoms with E-state index in [1.54, 1.807) is 6.07 Å². The second kappa shape index (κ2) is 6.39. The summed E-state index contributed by atoms with van der Waals surface area (Å²) >= 11 is 0. The fourth-order valence-electron chi connectivity index (χ4n) is 1.98. The van der Waals surface area contributed by atoms with Gasteiger partial charge >= 0.3 is 6.18 Å². The van der Waals surface area contributed by atoms with Gasteiger partial charge < -0.3 is 10.6 Å². The van der Waals surface area contributed by atoms with Gasteiger partial charge in [0.15, 0.2) is 0 Å². The van der Waals surface area contributed by atoms with E-state index in [-0.39, 0.29) is 6.54 Å². The Morgan fingerprint density at radius 2 is 1.84 bits per heavy atom. The van der Waals surface area contributed by atoms with Crippen LogP contribution in [0.1, 0.15) is 30.4 Å². The summed E-state index contributed by atoms with van der Waals surface area (Å²) < 4.78 is 38.2. The third-order valence-electron chi connectivity index (χ3n) is 3.18. The third kappa shape index (κ3) is 4.84. The van der Waals surface area contributed by atoms with E-state index < -0.39 is 11.7 Å². The molecule has 2 rings (SSSR count). The van der Waals surface area contributed by atoms with Gasteiger partial charge in [0.05, 0.1) is 5.56 Å². The normalized spacial score (nSPS) is 15.7. The molecule has 1 aromatic carbocycles. The van der Waals surface area contributed by atoms with Crippen LogP contribution in [-0.2, 0) is 12.7 Å². The average molecular weight is 272 g/mol. The van der Waals surface area contributed by atoms with Gasteiger partial charge in [0.1, 0.15) is 0 Å². The lowest BCUT2D eigenvalue weighted by molar-refractivity contribution is -0.138. The molecule has 19 heavy (non-hydrogen) atoms. The monoisotopic (exact) mass is 272 g/mol. The van der Waals surface area contributed by atoms with Gasteiger partial charge in [-0.25, -0.2) is 0 Å². The summed E-state index contributed by atoms with van der Waals surface area (Å²) in [7, 11) is 0. The zero-order chi connectivity index (χ0) is 13.7. The Bertz CT molecular complexity index is 400. The van der Waals surface area contributed by atoms with Gasteiger partial charge in [-0.2, -0.15) is 13.2 Å². The van der Waals surface area contributed by atoms with Crippen LogP contribution >= 0.6 is 0 Å². The van der Waals surface area contributed by atoms with Crippen molar-refractivity contribution in [2.75, 3.05) is 13.1 Å². The SMILES string of the molecule is FC(F)(F)c1ccccc1CNCCCNC1CC1. The maximum Gasteiger partial charge on any atom is 0.416 e. The van der Waals surface area contributed by atoms with Crippen LogP contribution in [0.25, 0.3) is 0 Å². The molecule has 1 aliphatic rings. The van der Waals surface area contributed by atoms with Crippen LogP contribution in [-0.4, -0.2) is 19.1 Å². The van der Waals surface area contributed by atoms with E-state index >= 15 is 0 Å². The molecular formula is C14H19F3N2. The molecule has 0 spiro atoms. The highest BCUT2D eigenvalue weighted by molar-refractivity contribution is 5.29. The largest absolute Gasteiger partial charge is 0.416 e. The van der Waals surface area contributed by atoms with Gasteiger partial charge in [-0.05, 0) is 44.0 Å². The van der Waals surface area contributed by atoms with Crippen LogP contribution in [0, 0.1) is 0 Å². The lowest BCUT2D eigenvalue weighted by Crippen LogP contribution is -2.24. The van der Waals surface area contributed by atoms with E-state index in [0.717, 1.165) is 25.6 Å². The lowest BCUT2D eigenvalue weighted by Gasteiger charge is -2.13. The third-order valence-corrected chi connectivity index (χ3v) is 3.18. The number of halogens is 3. The van der Waals surface area contributed by atoms with Crippen molar-refractivity contribution in [1.29, 1.82) is 0 Å². The molecule has 1 saturated carbocycles. The molecule has 0 unspecified atom stereocenters. The molecule has 1 aliphatic carbocycles. The highest BCUT2D eigenvalue weighted by Gasteiger charge is 2.32. The molecule has 0 heterocycles. The van der Waals surface area contributed by atoms with E-state index in [1.165, 1.54) is 25.0 Å². The molecule has 5 heteroatoms. The molecule has 106 valence electrons. The van der Waals surface area contributed by atoms with Crippen molar-refractivity contribution < 1.29 is 13.2 Å². The summed E-state index contributed by atoms with van der Waals surface area (Å²) in [6.45, 7) is 1.92.